The van der Waals surface area contributed by atoms with Gasteiger partial charge in [0.15, 0.2) is 0 Å². The second-order valence-electron chi connectivity index (χ2n) is 5.62. The van der Waals surface area contributed by atoms with Crippen LogP contribution in [0.1, 0.15) is 18.5 Å². The van der Waals surface area contributed by atoms with E-state index in [9.17, 15) is 0 Å². The normalized spacial score (nSPS) is 32.6. The van der Waals surface area contributed by atoms with Crippen molar-refractivity contribution >= 4 is 11.3 Å². The molecule has 0 radical (unpaired) electrons. The molecule has 0 saturated heterocycles. The number of fused-ring (bicyclic) bond motifs is 3. The predicted molar refractivity (Wildman–Crippen MR) is 64.9 cm³/mol. The third kappa shape index (κ3) is 1.16. The molecule has 2 unspecified atom stereocenters. The van der Waals surface area contributed by atoms with E-state index in [-0.39, 0.29) is 0 Å². The van der Waals surface area contributed by atoms with E-state index in [2.05, 4.69) is 25.1 Å². The molecule has 2 atom stereocenters. The van der Waals surface area contributed by atoms with Gasteiger partial charge in [-0.25, -0.2) is 0 Å². The van der Waals surface area contributed by atoms with Crippen molar-refractivity contribution in [1.82, 2.24) is 4.98 Å². The largest absolute Gasteiger partial charge is 0.459 e. The highest BCUT2D eigenvalue weighted by molar-refractivity contribution is 5.80. The van der Waals surface area contributed by atoms with Crippen molar-refractivity contribution in [3.8, 4) is 0 Å². The summed E-state index contributed by atoms with van der Waals surface area (Å²) in [6.45, 7) is 2.17. The van der Waals surface area contributed by atoms with Gasteiger partial charge < -0.3 is 9.80 Å². The molecule has 1 saturated carbocycles. The summed E-state index contributed by atoms with van der Waals surface area (Å²) < 4.78 is 0. The van der Waals surface area contributed by atoms with Crippen molar-refractivity contribution < 1.29 is 9.80 Å². The fourth-order valence-corrected chi connectivity index (χ4v) is 3.53. The van der Waals surface area contributed by atoms with E-state index in [0.717, 1.165) is 13.1 Å². The van der Waals surface area contributed by atoms with Crippen LogP contribution in [0.25, 0.3) is 5.57 Å². The predicted octanol–water partition coefficient (Wildman–Crippen LogP) is -0.415. The highest BCUT2D eigenvalue weighted by Gasteiger charge is 2.56. The van der Waals surface area contributed by atoms with Gasteiger partial charge in [-0.2, -0.15) is 7.05 Å². The standard InChI is InChI=1S/C14H17N3/c1-16-8-11-12(14(9-16)5-6-14)13-10(17(11)2)4-3-7-15-13/h3-4,7,16-17H,1-2,5-6,8-9H2. The molecule has 1 aliphatic carbocycles. The van der Waals surface area contributed by atoms with Crippen LogP contribution in [-0.4, -0.2) is 18.1 Å². The van der Waals surface area contributed by atoms with Crippen molar-refractivity contribution in [3.63, 3.8) is 0 Å². The van der Waals surface area contributed by atoms with Gasteiger partial charge in [0, 0.05) is 12.3 Å². The third-order valence-corrected chi connectivity index (χ3v) is 4.43. The molecule has 0 amide bonds. The average molecular weight is 227 g/mol. The smallest absolute Gasteiger partial charge is 0.145 e. The topological polar surface area (TPSA) is 21.8 Å². The minimum atomic E-state index is 0.382. The fraction of sp³-hybridized carbons (Fsp3) is 0.357. The Morgan fingerprint density at radius 2 is 2.12 bits per heavy atom. The van der Waals surface area contributed by atoms with Crippen LogP contribution >= 0.6 is 0 Å². The number of nitrogens with one attached hydrogen (secondary N) is 2. The summed E-state index contributed by atoms with van der Waals surface area (Å²) in [6.07, 6.45) is 4.50. The Hall–Kier alpha value is -1.19. The molecule has 1 aromatic heterocycles. The van der Waals surface area contributed by atoms with Crippen LogP contribution in [0.15, 0.2) is 24.0 Å². The highest BCUT2D eigenvalue weighted by Crippen LogP contribution is 2.57. The number of hydrogen-bond donors (Lipinski definition) is 2. The molecule has 2 aliphatic heterocycles. The zero-order valence-corrected chi connectivity index (χ0v) is 9.92. The van der Waals surface area contributed by atoms with E-state index in [0.29, 0.717) is 5.41 Å². The minimum Gasteiger partial charge on any atom is -0.459 e. The molecule has 0 aromatic carbocycles. The van der Waals surface area contributed by atoms with Crippen LogP contribution in [0.5, 0.6) is 0 Å². The molecule has 1 aromatic rings. The van der Waals surface area contributed by atoms with E-state index in [1.807, 2.05) is 12.3 Å². The Balaban J connectivity index is 1.94. The molecular formula is C14H17N3. The van der Waals surface area contributed by atoms with Crippen molar-refractivity contribution in [1.29, 1.82) is 0 Å². The van der Waals surface area contributed by atoms with Gasteiger partial charge in [0.25, 0.3) is 0 Å². The molecule has 3 heterocycles. The van der Waals surface area contributed by atoms with Crippen molar-refractivity contribution in [2.45, 2.75) is 12.8 Å². The first-order valence-electron chi connectivity index (χ1n) is 6.27. The van der Waals surface area contributed by atoms with E-state index in [1.54, 1.807) is 0 Å². The van der Waals surface area contributed by atoms with Crippen molar-refractivity contribution in [2.24, 2.45) is 5.41 Å². The quantitative estimate of drug-likeness (QED) is 0.578. The van der Waals surface area contributed by atoms with Gasteiger partial charge in [0.2, 0.25) is 0 Å². The number of rotatable bonds is 0. The maximum Gasteiger partial charge on any atom is 0.145 e. The molecule has 4 rings (SSSR count). The summed E-state index contributed by atoms with van der Waals surface area (Å²) in [6, 6.07) is 4.17. The second kappa shape index (κ2) is 2.98. The summed E-state index contributed by atoms with van der Waals surface area (Å²) in [5.74, 6) is 0. The second-order valence-corrected chi connectivity index (χ2v) is 5.62. The summed E-state index contributed by atoms with van der Waals surface area (Å²) in [5.41, 5.74) is 5.77. The summed E-state index contributed by atoms with van der Waals surface area (Å²) in [4.78, 5) is 7.17. The van der Waals surface area contributed by atoms with Gasteiger partial charge in [-0.3, -0.25) is 4.98 Å². The number of aromatic nitrogens is 1. The molecular weight excluding hydrogens is 210 g/mol. The van der Waals surface area contributed by atoms with Crippen molar-refractivity contribution in [3.05, 3.63) is 43.8 Å². The third-order valence-electron chi connectivity index (χ3n) is 4.43. The maximum atomic E-state index is 4.61. The molecule has 1 fully saturated rings. The molecule has 88 valence electrons. The number of pyridine rings is 1. The van der Waals surface area contributed by atoms with E-state index in [1.165, 1.54) is 45.3 Å². The van der Waals surface area contributed by atoms with Gasteiger partial charge in [0.05, 0.1) is 17.5 Å². The monoisotopic (exact) mass is 227 g/mol. The van der Waals surface area contributed by atoms with Gasteiger partial charge in [-0.15, -0.1) is 7.05 Å². The van der Waals surface area contributed by atoms with Crippen molar-refractivity contribution in [2.75, 3.05) is 13.1 Å². The first-order chi connectivity index (χ1) is 8.21. The lowest BCUT2D eigenvalue weighted by Crippen LogP contribution is -3.13. The fourth-order valence-electron chi connectivity index (χ4n) is 3.53. The van der Waals surface area contributed by atoms with Crippen LogP contribution < -0.4 is 9.80 Å². The van der Waals surface area contributed by atoms with Gasteiger partial charge in [-0.05, 0) is 18.9 Å². The van der Waals surface area contributed by atoms with Gasteiger partial charge in [-0.1, -0.05) is 0 Å². The summed E-state index contributed by atoms with van der Waals surface area (Å²) in [7, 11) is 8.48. The van der Waals surface area contributed by atoms with Crippen LogP contribution in [-0.2, 0) is 0 Å². The lowest BCUT2D eigenvalue weighted by atomic mass is 9.88. The maximum absolute atomic E-state index is 4.61. The Bertz CT molecular complexity index is 528. The van der Waals surface area contributed by atoms with E-state index < -0.39 is 0 Å². The number of hydrogen-bond acceptors (Lipinski definition) is 1. The molecule has 2 N–H and O–H groups in total. The molecule has 17 heavy (non-hydrogen) atoms. The van der Waals surface area contributed by atoms with Gasteiger partial charge in [0.1, 0.15) is 23.6 Å². The first-order valence-corrected chi connectivity index (χ1v) is 6.27. The number of quaternary nitrogens is 2. The molecule has 1 spiro atoms. The van der Waals surface area contributed by atoms with E-state index in [4.69, 9.17) is 0 Å². The first kappa shape index (κ1) is 9.80. The molecule has 3 nitrogen and oxygen atoms in total. The SMILES string of the molecule is [CH2-][NH+]1CC2=C(c3ncccc3[NH+]2[CH2-])C2(CC2)C1. The molecule has 0 bridgehead atoms. The average Bonchev–Trinajstić information content (AvgIpc) is 3.01. The van der Waals surface area contributed by atoms with Crippen LogP contribution in [0.2, 0.25) is 0 Å². The van der Waals surface area contributed by atoms with E-state index >= 15 is 0 Å². The van der Waals surface area contributed by atoms with Gasteiger partial charge >= 0.3 is 0 Å². The molecule has 3 aliphatic rings. The Morgan fingerprint density at radius 1 is 1.29 bits per heavy atom. The lowest BCUT2D eigenvalue weighted by Gasteiger charge is -2.33. The Labute approximate surface area is 102 Å². The highest BCUT2D eigenvalue weighted by atomic mass is 15.2. The summed E-state index contributed by atoms with van der Waals surface area (Å²) >= 11 is 0. The summed E-state index contributed by atoms with van der Waals surface area (Å²) in [5, 5.41) is 0. The lowest BCUT2D eigenvalue weighted by molar-refractivity contribution is -0.876. The van der Waals surface area contributed by atoms with Crippen LogP contribution in [0.4, 0.5) is 5.69 Å². The Morgan fingerprint density at radius 3 is 2.88 bits per heavy atom. The van der Waals surface area contributed by atoms with Crippen LogP contribution in [0.3, 0.4) is 0 Å². The zero-order chi connectivity index (χ0) is 11.6. The van der Waals surface area contributed by atoms with Crippen LogP contribution in [0, 0.1) is 19.5 Å². The minimum absolute atomic E-state index is 0.382. The Kier molecular flexibility index (Phi) is 1.72. The molecule has 3 heteroatoms. The number of nitrogens with zero attached hydrogens (tertiary/aromatic N) is 1. The zero-order valence-electron chi connectivity index (χ0n) is 9.92.